The fourth-order valence-corrected chi connectivity index (χ4v) is 10.2. The summed E-state index contributed by atoms with van der Waals surface area (Å²) in [5, 5.41) is 14.8. The largest absolute Gasteiger partial charge is 0.309 e. The molecule has 0 bridgehead atoms. The first-order valence-corrected chi connectivity index (χ1v) is 22.1. The van der Waals surface area contributed by atoms with Gasteiger partial charge in [0.25, 0.3) is 0 Å². The van der Waals surface area contributed by atoms with Crippen molar-refractivity contribution in [3.8, 4) is 27.9 Å². The second-order valence-electron chi connectivity index (χ2n) is 16.9. The van der Waals surface area contributed by atoms with Gasteiger partial charge in [0.1, 0.15) is 0 Å². The predicted molar refractivity (Wildman–Crippen MR) is 274 cm³/mol. The molecule has 2 nitrogen and oxygen atoms in total. The van der Waals surface area contributed by atoms with Crippen molar-refractivity contribution >= 4 is 92.7 Å². The summed E-state index contributed by atoms with van der Waals surface area (Å²) in [4.78, 5) is 2.49. The minimum Gasteiger partial charge on any atom is -0.309 e. The third kappa shape index (κ3) is 5.81. The molecular weight excluding hydrogens is 773 g/mol. The summed E-state index contributed by atoms with van der Waals surface area (Å²) in [5.74, 6) is 0. The normalized spacial score (nSPS) is 11.8. The first kappa shape index (κ1) is 36.2. The van der Waals surface area contributed by atoms with Crippen molar-refractivity contribution in [3.05, 3.63) is 243 Å². The number of para-hydroxylation sites is 1. The number of aromatic nitrogens is 1. The van der Waals surface area contributed by atoms with Gasteiger partial charge < -0.3 is 9.47 Å². The van der Waals surface area contributed by atoms with Crippen LogP contribution >= 0.6 is 0 Å². The van der Waals surface area contributed by atoms with Gasteiger partial charge in [-0.25, -0.2) is 0 Å². The summed E-state index contributed by atoms with van der Waals surface area (Å²) in [5.41, 5.74) is 11.6. The second-order valence-corrected chi connectivity index (χ2v) is 16.9. The maximum absolute atomic E-state index is 2.49. The van der Waals surface area contributed by atoms with Gasteiger partial charge in [-0.05, 0) is 120 Å². The van der Waals surface area contributed by atoms with Crippen molar-refractivity contribution in [2.45, 2.75) is 0 Å². The smallest absolute Gasteiger partial charge is 0.0547 e. The Morgan fingerprint density at radius 1 is 0.266 bits per heavy atom. The molecule has 298 valence electrons. The zero-order valence-corrected chi connectivity index (χ0v) is 35.0. The van der Waals surface area contributed by atoms with Crippen molar-refractivity contribution in [1.82, 2.24) is 4.57 Å². The van der Waals surface area contributed by atoms with Crippen molar-refractivity contribution in [1.29, 1.82) is 0 Å². The molecule has 12 aromatic carbocycles. The zero-order chi connectivity index (χ0) is 42.1. The summed E-state index contributed by atoms with van der Waals surface area (Å²) in [6.07, 6.45) is 0. The van der Waals surface area contributed by atoms with Gasteiger partial charge in [0.15, 0.2) is 0 Å². The molecule has 0 spiro atoms. The Labute approximate surface area is 371 Å². The molecule has 0 amide bonds. The summed E-state index contributed by atoms with van der Waals surface area (Å²) >= 11 is 0. The molecule has 0 radical (unpaired) electrons. The zero-order valence-electron chi connectivity index (χ0n) is 35.0. The Balaban J connectivity index is 1.08. The Kier molecular flexibility index (Phi) is 8.25. The van der Waals surface area contributed by atoms with Gasteiger partial charge in [0.2, 0.25) is 0 Å². The highest BCUT2D eigenvalue weighted by atomic mass is 15.1. The van der Waals surface area contributed by atoms with E-state index in [1.54, 1.807) is 0 Å². The lowest BCUT2D eigenvalue weighted by Crippen LogP contribution is -2.12. The van der Waals surface area contributed by atoms with Gasteiger partial charge in [-0.3, -0.25) is 0 Å². The molecule has 1 heterocycles. The van der Waals surface area contributed by atoms with E-state index in [2.05, 4.69) is 252 Å². The minimum absolute atomic E-state index is 1.10. The second kappa shape index (κ2) is 14.6. The molecule has 0 N–H and O–H groups in total. The van der Waals surface area contributed by atoms with Crippen LogP contribution in [0.3, 0.4) is 0 Å². The van der Waals surface area contributed by atoms with Crippen LogP contribution in [0.4, 0.5) is 17.1 Å². The summed E-state index contributed by atoms with van der Waals surface area (Å²) in [6, 6.07) is 89.4. The number of fused-ring (bicyclic) bond motifs is 9. The molecule has 2 heteroatoms. The Morgan fingerprint density at radius 3 is 1.67 bits per heavy atom. The highest BCUT2D eigenvalue weighted by Gasteiger charge is 2.23. The third-order valence-electron chi connectivity index (χ3n) is 13.3. The fraction of sp³-hybridized carbons (Fsp3) is 0. The standard InChI is InChI=1S/C62H40N2/c1-2-15-42(16-3-1)56-38-48(47-28-26-41-14-4-5-18-44(41)36-47)30-33-61(56)63(50-31-32-52-49(37-50)29-27-43-17-8-9-21-51(43)52)59-34-35-60(54-23-11-10-22-53(54)59)64-58-25-13-12-24-55(58)57-39-45-19-6-7-20-46(45)40-62(57)64/h1-40H. The van der Waals surface area contributed by atoms with E-state index >= 15 is 0 Å². The molecule has 13 rings (SSSR count). The Bertz CT molecular complexity index is 3970. The van der Waals surface area contributed by atoms with Gasteiger partial charge in [0, 0.05) is 32.8 Å². The molecule has 64 heavy (non-hydrogen) atoms. The van der Waals surface area contributed by atoms with E-state index in [0.29, 0.717) is 0 Å². The third-order valence-corrected chi connectivity index (χ3v) is 13.3. The number of nitrogens with zero attached hydrogens (tertiary/aromatic N) is 2. The number of benzene rings is 12. The van der Waals surface area contributed by atoms with Gasteiger partial charge in [-0.15, -0.1) is 0 Å². The van der Waals surface area contributed by atoms with Crippen LogP contribution in [0.1, 0.15) is 0 Å². The Morgan fingerprint density at radius 2 is 0.844 bits per heavy atom. The van der Waals surface area contributed by atoms with Gasteiger partial charge in [0.05, 0.1) is 28.1 Å². The van der Waals surface area contributed by atoms with E-state index < -0.39 is 0 Å². The van der Waals surface area contributed by atoms with E-state index in [1.165, 1.54) is 86.8 Å². The van der Waals surface area contributed by atoms with Crippen LogP contribution in [0.25, 0.3) is 104 Å². The van der Waals surface area contributed by atoms with E-state index in [-0.39, 0.29) is 0 Å². The predicted octanol–water partition coefficient (Wildman–Crippen LogP) is 17.4. The van der Waals surface area contributed by atoms with Crippen LogP contribution in [-0.2, 0) is 0 Å². The lowest BCUT2D eigenvalue weighted by Gasteiger charge is -2.30. The van der Waals surface area contributed by atoms with Crippen molar-refractivity contribution in [2.24, 2.45) is 0 Å². The first-order chi connectivity index (χ1) is 31.7. The lowest BCUT2D eigenvalue weighted by atomic mass is 9.94. The SMILES string of the molecule is c1ccc(-c2cc(-c3ccc4ccccc4c3)ccc2N(c2ccc3c(ccc4ccccc43)c2)c2ccc(-n3c4ccccc4c4cc5ccccc5cc43)c3ccccc23)cc1. The molecule has 0 aliphatic heterocycles. The summed E-state index contributed by atoms with van der Waals surface area (Å²) in [6.45, 7) is 0. The maximum Gasteiger partial charge on any atom is 0.0547 e. The van der Waals surface area contributed by atoms with Crippen LogP contribution in [0, 0.1) is 0 Å². The molecule has 0 atom stereocenters. The van der Waals surface area contributed by atoms with Crippen molar-refractivity contribution in [2.75, 3.05) is 4.90 Å². The van der Waals surface area contributed by atoms with Crippen LogP contribution in [-0.4, -0.2) is 4.57 Å². The van der Waals surface area contributed by atoms with Gasteiger partial charge in [-0.2, -0.15) is 0 Å². The molecule has 1 aromatic heterocycles. The molecule has 0 saturated heterocycles. The highest BCUT2D eigenvalue weighted by molar-refractivity contribution is 6.16. The monoisotopic (exact) mass is 812 g/mol. The summed E-state index contributed by atoms with van der Waals surface area (Å²) in [7, 11) is 0. The van der Waals surface area contributed by atoms with Crippen LogP contribution < -0.4 is 4.90 Å². The minimum atomic E-state index is 1.10. The summed E-state index contributed by atoms with van der Waals surface area (Å²) < 4.78 is 2.47. The van der Waals surface area contributed by atoms with Gasteiger partial charge >= 0.3 is 0 Å². The average Bonchev–Trinajstić information content (AvgIpc) is 3.68. The first-order valence-electron chi connectivity index (χ1n) is 22.1. The molecule has 0 fully saturated rings. The topological polar surface area (TPSA) is 8.17 Å². The van der Waals surface area contributed by atoms with E-state index in [1.807, 2.05) is 0 Å². The maximum atomic E-state index is 2.49. The van der Waals surface area contributed by atoms with Crippen LogP contribution in [0.5, 0.6) is 0 Å². The molecule has 13 aromatic rings. The number of hydrogen-bond donors (Lipinski definition) is 0. The molecular formula is C62H40N2. The quantitative estimate of drug-likeness (QED) is 0.152. The van der Waals surface area contributed by atoms with E-state index in [0.717, 1.165) is 33.9 Å². The Hall–Kier alpha value is -8.46. The van der Waals surface area contributed by atoms with Gasteiger partial charge in [-0.1, -0.05) is 182 Å². The number of rotatable bonds is 6. The molecule has 0 aliphatic carbocycles. The van der Waals surface area contributed by atoms with Crippen LogP contribution in [0.15, 0.2) is 243 Å². The molecule has 0 aliphatic rings. The van der Waals surface area contributed by atoms with Crippen molar-refractivity contribution < 1.29 is 0 Å². The van der Waals surface area contributed by atoms with Crippen molar-refractivity contribution in [3.63, 3.8) is 0 Å². The lowest BCUT2D eigenvalue weighted by molar-refractivity contribution is 1.20. The van der Waals surface area contributed by atoms with E-state index in [9.17, 15) is 0 Å². The highest BCUT2D eigenvalue weighted by Crippen LogP contribution is 2.47. The average molecular weight is 813 g/mol. The molecule has 0 unspecified atom stereocenters. The fourth-order valence-electron chi connectivity index (χ4n) is 10.2. The van der Waals surface area contributed by atoms with E-state index in [4.69, 9.17) is 0 Å². The number of anilines is 3. The van der Waals surface area contributed by atoms with Crippen LogP contribution in [0.2, 0.25) is 0 Å². The molecule has 0 saturated carbocycles. The number of hydrogen-bond acceptors (Lipinski definition) is 1.